The highest BCUT2D eigenvalue weighted by atomic mass is 35.5. The summed E-state index contributed by atoms with van der Waals surface area (Å²) in [6.07, 6.45) is 0. The van der Waals surface area contributed by atoms with E-state index in [9.17, 15) is 0 Å². The van der Waals surface area contributed by atoms with Crippen LogP contribution in [0.2, 0.25) is 5.02 Å². The topological polar surface area (TPSA) is 46.2 Å². The van der Waals surface area contributed by atoms with Gasteiger partial charge in [0.05, 0.1) is 12.6 Å². The molecule has 0 aliphatic heterocycles. The van der Waals surface area contributed by atoms with Gasteiger partial charge in [0.15, 0.2) is 0 Å². The smallest absolute Gasteiger partial charge is 0.0624 e. The van der Waals surface area contributed by atoms with E-state index >= 15 is 0 Å². The van der Waals surface area contributed by atoms with Gasteiger partial charge < -0.3 is 10.8 Å². The molecule has 2 aromatic rings. The zero-order chi connectivity index (χ0) is 12.3. The summed E-state index contributed by atoms with van der Waals surface area (Å²) in [6, 6.07) is 15.2. The molecule has 3 heteroatoms. The average molecular weight is 248 g/mol. The van der Waals surface area contributed by atoms with Crippen molar-refractivity contribution in [2.75, 3.05) is 6.61 Å². The number of aliphatic hydroxyl groups excluding tert-OH is 1. The number of hydrogen-bond acceptors (Lipinski definition) is 2. The highest BCUT2D eigenvalue weighted by Crippen LogP contribution is 2.23. The molecule has 0 bridgehead atoms. The van der Waals surface area contributed by atoms with Gasteiger partial charge in [-0.1, -0.05) is 48.0 Å². The van der Waals surface area contributed by atoms with Crippen LogP contribution in [-0.4, -0.2) is 11.7 Å². The highest BCUT2D eigenvalue weighted by Gasteiger charge is 2.04. The van der Waals surface area contributed by atoms with Gasteiger partial charge in [0.2, 0.25) is 0 Å². The van der Waals surface area contributed by atoms with Gasteiger partial charge in [0.1, 0.15) is 0 Å². The first-order chi connectivity index (χ1) is 8.20. The molecule has 0 spiro atoms. The monoisotopic (exact) mass is 247 g/mol. The molecule has 0 amide bonds. The summed E-state index contributed by atoms with van der Waals surface area (Å²) in [6.45, 7) is -0.0414. The largest absolute Gasteiger partial charge is 0.394 e. The van der Waals surface area contributed by atoms with Crippen molar-refractivity contribution in [3.8, 4) is 11.1 Å². The lowest BCUT2D eigenvalue weighted by Crippen LogP contribution is -2.14. The Bertz CT molecular complexity index is 479. The minimum Gasteiger partial charge on any atom is -0.394 e. The Morgan fingerprint density at radius 1 is 0.941 bits per heavy atom. The fraction of sp³-hybridized carbons (Fsp3) is 0.143. The zero-order valence-corrected chi connectivity index (χ0v) is 10.1. The van der Waals surface area contributed by atoms with E-state index in [1.54, 1.807) is 0 Å². The summed E-state index contributed by atoms with van der Waals surface area (Å²) in [5.74, 6) is 0. The number of benzene rings is 2. The van der Waals surface area contributed by atoms with Crippen molar-refractivity contribution in [2.45, 2.75) is 6.04 Å². The molecule has 0 aliphatic carbocycles. The lowest BCUT2D eigenvalue weighted by Gasteiger charge is -2.09. The van der Waals surface area contributed by atoms with E-state index in [-0.39, 0.29) is 12.6 Å². The molecular weight excluding hydrogens is 234 g/mol. The van der Waals surface area contributed by atoms with Crippen molar-refractivity contribution in [2.24, 2.45) is 5.73 Å². The molecule has 0 radical (unpaired) electrons. The lowest BCUT2D eigenvalue weighted by molar-refractivity contribution is 0.268. The third-order valence-corrected chi connectivity index (χ3v) is 2.97. The third kappa shape index (κ3) is 2.86. The van der Waals surface area contributed by atoms with Gasteiger partial charge in [0.25, 0.3) is 0 Å². The predicted molar refractivity (Wildman–Crippen MR) is 70.9 cm³/mol. The van der Waals surface area contributed by atoms with Crippen LogP contribution in [0.3, 0.4) is 0 Å². The Balaban J connectivity index is 2.26. The molecule has 0 fully saturated rings. The molecule has 0 saturated carbocycles. The molecule has 0 saturated heterocycles. The van der Waals surface area contributed by atoms with E-state index in [0.717, 1.165) is 21.7 Å². The van der Waals surface area contributed by atoms with E-state index in [4.69, 9.17) is 22.4 Å². The van der Waals surface area contributed by atoms with Crippen molar-refractivity contribution < 1.29 is 5.11 Å². The lowest BCUT2D eigenvalue weighted by atomic mass is 10.0. The van der Waals surface area contributed by atoms with Gasteiger partial charge >= 0.3 is 0 Å². The number of nitrogens with two attached hydrogens (primary N) is 1. The SMILES string of the molecule is N[C@H](CO)c1ccc(-c2ccc(Cl)cc2)cc1. The second-order valence-corrected chi connectivity index (χ2v) is 4.35. The van der Waals surface area contributed by atoms with Crippen LogP contribution >= 0.6 is 11.6 Å². The van der Waals surface area contributed by atoms with Crippen LogP contribution in [0.15, 0.2) is 48.5 Å². The zero-order valence-electron chi connectivity index (χ0n) is 9.31. The van der Waals surface area contributed by atoms with Crippen molar-refractivity contribution in [1.82, 2.24) is 0 Å². The molecule has 0 unspecified atom stereocenters. The van der Waals surface area contributed by atoms with Crippen molar-refractivity contribution in [3.05, 3.63) is 59.1 Å². The number of aliphatic hydroxyl groups is 1. The predicted octanol–water partition coefficient (Wildman–Crippen LogP) is 3.00. The van der Waals surface area contributed by atoms with Crippen LogP contribution in [0.1, 0.15) is 11.6 Å². The quantitative estimate of drug-likeness (QED) is 0.876. The van der Waals surface area contributed by atoms with Crippen molar-refractivity contribution in [1.29, 1.82) is 0 Å². The fourth-order valence-corrected chi connectivity index (χ4v) is 1.80. The Morgan fingerprint density at radius 3 is 1.88 bits per heavy atom. The van der Waals surface area contributed by atoms with Gasteiger partial charge in [-0.15, -0.1) is 0 Å². The summed E-state index contributed by atoms with van der Waals surface area (Å²) in [5, 5.41) is 9.69. The maximum absolute atomic E-state index is 8.97. The van der Waals surface area contributed by atoms with Crippen LogP contribution in [0, 0.1) is 0 Å². The van der Waals surface area contributed by atoms with Gasteiger partial charge in [-0.2, -0.15) is 0 Å². The Kier molecular flexibility index (Phi) is 3.79. The number of halogens is 1. The second-order valence-electron chi connectivity index (χ2n) is 3.92. The summed E-state index contributed by atoms with van der Waals surface area (Å²) >= 11 is 5.84. The molecular formula is C14H14ClNO. The summed E-state index contributed by atoms with van der Waals surface area (Å²) in [7, 11) is 0. The Morgan fingerprint density at radius 2 is 1.41 bits per heavy atom. The Labute approximate surface area is 106 Å². The van der Waals surface area contributed by atoms with E-state index in [2.05, 4.69) is 0 Å². The molecule has 2 nitrogen and oxygen atoms in total. The molecule has 88 valence electrons. The molecule has 3 N–H and O–H groups in total. The average Bonchev–Trinajstić information content (AvgIpc) is 2.39. The van der Waals surface area contributed by atoms with Gasteiger partial charge in [-0.3, -0.25) is 0 Å². The van der Waals surface area contributed by atoms with Crippen LogP contribution in [-0.2, 0) is 0 Å². The molecule has 0 aromatic heterocycles. The highest BCUT2D eigenvalue weighted by molar-refractivity contribution is 6.30. The van der Waals surface area contributed by atoms with Crippen LogP contribution in [0.4, 0.5) is 0 Å². The standard InChI is InChI=1S/C14H14ClNO/c15-13-7-5-11(6-8-13)10-1-3-12(4-2-10)14(16)9-17/h1-8,14,17H,9,16H2/t14-/m1/s1. The Hall–Kier alpha value is -1.35. The minimum atomic E-state index is -0.311. The summed E-state index contributed by atoms with van der Waals surface area (Å²) in [5.41, 5.74) is 8.89. The van der Waals surface area contributed by atoms with E-state index in [0.29, 0.717) is 0 Å². The normalized spacial score (nSPS) is 12.4. The molecule has 2 aromatic carbocycles. The molecule has 1 atom stereocenters. The van der Waals surface area contributed by atoms with Gasteiger partial charge in [-0.25, -0.2) is 0 Å². The first-order valence-electron chi connectivity index (χ1n) is 5.43. The first kappa shape index (κ1) is 12.1. The maximum Gasteiger partial charge on any atom is 0.0624 e. The van der Waals surface area contributed by atoms with E-state index in [1.807, 2.05) is 48.5 Å². The molecule has 0 aliphatic rings. The molecule has 17 heavy (non-hydrogen) atoms. The van der Waals surface area contributed by atoms with Gasteiger partial charge in [0, 0.05) is 5.02 Å². The van der Waals surface area contributed by atoms with E-state index < -0.39 is 0 Å². The van der Waals surface area contributed by atoms with E-state index in [1.165, 1.54) is 0 Å². The van der Waals surface area contributed by atoms with Crippen LogP contribution in [0.5, 0.6) is 0 Å². The van der Waals surface area contributed by atoms with Crippen LogP contribution < -0.4 is 5.73 Å². The maximum atomic E-state index is 8.97. The third-order valence-electron chi connectivity index (χ3n) is 2.71. The molecule has 2 rings (SSSR count). The second kappa shape index (κ2) is 5.32. The summed E-state index contributed by atoms with van der Waals surface area (Å²) < 4.78 is 0. The first-order valence-corrected chi connectivity index (χ1v) is 5.81. The summed E-state index contributed by atoms with van der Waals surface area (Å²) in [4.78, 5) is 0. The number of hydrogen-bond donors (Lipinski definition) is 2. The fourth-order valence-electron chi connectivity index (χ4n) is 1.67. The van der Waals surface area contributed by atoms with Crippen molar-refractivity contribution in [3.63, 3.8) is 0 Å². The minimum absolute atomic E-state index is 0.0414. The van der Waals surface area contributed by atoms with Crippen molar-refractivity contribution >= 4 is 11.6 Å². The van der Waals surface area contributed by atoms with Crippen LogP contribution in [0.25, 0.3) is 11.1 Å². The molecule has 0 heterocycles. The van der Waals surface area contributed by atoms with Gasteiger partial charge in [-0.05, 0) is 28.8 Å². The number of rotatable bonds is 3.